The summed E-state index contributed by atoms with van der Waals surface area (Å²) < 4.78 is 26.2. The number of anilines is 3. The molecule has 0 atom stereocenters. The number of hydrogen-bond acceptors (Lipinski definition) is 6. The molecule has 1 aromatic carbocycles. The Hall–Kier alpha value is -3.62. The van der Waals surface area contributed by atoms with Crippen LogP contribution in [0.3, 0.4) is 0 Å². The van der Waals surface area contributed by atoms with Crippen LogP contribution in [0.5, 0.6) is 0 Å². The number of amides is 1. The van der Waals surface area contributed by atoms with Gasteiger partial charge in [0.05, 0.1) is 0 Å². The minimum atomic E-state index is -1.03. The number of rotatable bonds is 4. The Kier molecular flexibility index (Phi) is 5.28. The summed E-state index contributed by atoms with van der Waals surface area (Å²) in [4.78, 5) is 20.9. The van der Waals surface area contributed by atoms with Crippen molar-refractivity contribution in [2.45, 2.75) is 0 Å². The second-order valence-electron chi connectivity index (χ2n) is 6.52. The quantitative estimate of drug-likeness (QED) is 0.731. The average molecular weight is 396 g/mol. The third-order valence-electron chi connectivity index (χ3n) is 4.64. The van der Waals surface area contributed by atoms with Gasteiger partial charge in [-0.3, -0.25) is 4.79 Å². The van der Waals surface area contributed by atoms with Gasteiger partial charge in [0.25, 0.3) is 5.91 Å². The lowest BCUT2D eigenvalue weighted by Crippen LogP contribution is -2.47. The lowest BCUT2D eigenvalue weighted by molar-refractivity contribution is 0.102. The molecule has 1 N–H and O–H groups in total. The molecule has 1 aliphatic heterocycles. The van der Waals surface area contributed by atoms with Crippen molar-refractivity contribution in [3.05, 3.63) is 72.1 Å². The Labute approximate surface area is 166 Å². The van der Waals surface area contributed by atoms with E-state index in [1.54, 1.807) is 18.3 Å². The van der Waals surface area contributed by atoms with Gasteiger partial charge < -0.3 is 15.1 Å². The summed E-state index contributed by atoms with van der Waals surface area (Å²) in [6.45, 7) is 3.12. The lowest BCUT2D eigenvalue weighted by atomic mass is 10.2. The molecule has 0 saturated carbocycles. The van der Waals surface area contributed by atoms with E-state index in [0.29, 0.717) is 5.82 Å². The predicted molar refractivity (Wildman–Crippen MR) is 105 cm³/mol. The summed E-state index contributed by atoms with van der Waals surface area (Å²) in [7, 11) is 0. The molecule has 1 aliphatic rings. The van der Waals surface area contributed by atoms with E-state index in [-0.39, 0.29) is 11.4 Å². The first-order valence-electron chi connectivity index (χ1n) is 9.11. The first-order valence-corrected chi connectivity index (χ1v) is 9.11. The summed E-state index contributed by atoms with van der Waals surface area (Å²) in [5, 5.41) is 10.6. The van der Waals surface area contributed by atoms with Crippen LogP contribution in [0.1, 0.15) is 10.5 Å². The van der Waals surface area contributed by atoms with Gasteiger partial charge in [0.1, 0.15) is 5.82 Å². The average Bonchev–Trinajstić information content (AvgIpc) is 2.77. The number of piperazine rings is 1. The molecule has 148 valence electrons. The van der Waals surface area contributed by atoms with Crippen molar-refractivity contribution >= 4 is 23.2 Å². The molecule has 4 rings (SSSR count). The van der Waals surface area contributed by atoms with Gasteiger partial charge in [-0.15, -0.1) is 10.2 Å². The van der Waals surface area contributed by atoms with Crippen LogP contribution in [-0.4, -0.2) is 47.3 Å². The minimum Gasteiger partial charge on any atom is -0.353 e. The molecule has 9 heteroatoms. The van der Waals surface area contributed by atoms with Crippen molar-refractivity contribution in [3.8, 4) is 0 Å². The number of pyridine rings is 1. The fourth-order valence-corrected chi connectivity index (χ4v) is 3.09. The van der Waals surface area contributed by atoms with Crippen molar-refractivity contribution in [1.82, 2.24) is 15.2 Å². The maximum atomic E-state index is 13.3. The summed E-state index contributed by atoms with van der Waals surface area (Å²) >= 11 is 0. The standard InChI is InChI=1S/C20H18F2N6O/c21-15-5-4-14(13-16(15)22)24-20(29)17-6-7-19(26-25-17)28-11-9-27(10-12-28)18-3-1-2-8-23-18/h1-8,13H,9-12H2,(H,24,29). The maximum Gasteiger partial charge on any atom is 0.276 e. The molecule has 0 unspecified atom stereocenters. The van der Waals surface area contributed by atoms with E-state index in [1.165, 1.54) is 6.07 Å². The van der Waals surface area contributed by atoms with E-state index in [2.05, 4.69) is 30.3 Å². The van der Waals surface area contributed by atoms with E-state index in [1.807, 2.05) is 18.2 Å². The molecule has 7 nitrogen and oxygen atoms in total. The van der Waals surface area contributed by atoms with Crippen LogP contribution in [0, 0.1) is 11.6 Å². The second kappa shape index (κ2) is 8.17. The molecule has 0 bridgehead atoms. The zero-order chi connectivity index (χ0) is 20.2. The molecule has 1 saturated heterocycles. The van der Waals surface area contributed by atoms with Gasteiger partial charge in [-0.25, -0.2) is 13.8 Å². The molecule has 3 aromatic rings. The van der Waals surface area contributed by atoms with E-state index >= 15 is 0 Å². The fourth-order valence-electron chi connectivity index (χ4n) is 3.09. The number of nitrogens with zero attached hydrogens (tertiary/aromatic N) is 5. The second-order valence-corrected chi connectivity index (χ2v) is 6.52. The zero-order valence-electron chi connectivity index (χ0n) is 15.4. The summed E-state index contributed by atoms with van der Waals surface area (Å²) in [6, 6.07) is 12.3. The van der Waals surface area contributed by atoms with Crippen molar-refractivity contribution in [1.29, 1.82) is 0 Å². The van der Waals surface area contributed by atoms with Gasteiger partial charge in [0.2, 0.25) is 0 Å². The van der Waals surface area contributed by atoms with Crippen molar-refractivity contribution in [2.24, 2.45) is 0 Å². The zero-order valence-corrected chi connectivity index (χ0v) is 15.4. The van der Waals surface area contributed by atoms with Crippen LogP contribution in [0.2, 0.25) is 0 Å². The number of carbonyl (C=O) groups is 1. The molecular weight excluding hydrogens is 378 g/mol. The first-order chi connectivity index (χ1) is 14.1. The van der Waals surface area contributed by atoms with Gasteiger partial charge in [-0.05, 0) is 36.4 Å². The summed E-state index contributed by atoms with van der Waals surface area (Å²) in [6.07, 6.45) is 1.78. The molecule has 0 aliphatic carbocycles. The molecule has 0 radical (unpaired) electrons. The normalized spacial score (nSPS) is 14.0. The van der Waals surface area contributed by atoms with E-state index in [9.17, 15) is 13.6 Å². The highest BCUT2D eigenvalue weighted by Crippen LogP contribution is 2.18. The largest absolute Gasteiger partial charge is 0.353 e. The van der Waals surface area contributed by atoms with Crippen LogP contribution < -0.4 is 15.1 Å². The lowest BCUT2D eigenvalue weighted by Gasteiger charge is -2.35. The maximum absolute atomic E-state index is 13.3. The van der Waals surface area contributed by atoms with Gasteiger partial charge in [-0.1, -0.05) is 6.07 Å². The molecule has 3 heterocycles. The van der Waals surface area contributed by atoms with E-state index in [0.717, 1.165) is 44.1 Å². The summed E-state index contributed by atoms with van der Waals surface area (Å²) in [5.74, 6) is -0.933. The summed E-state index contributed by atoms with van der Waals surface area (Å²) in [5.41, 5.74) is 0.232. The fraction of sp³-hybridized carbons (Fsp3) is 0.200. The molecular formula is C20H18F2N6O. The number of benzene rings is 1. The highest BCUT2D eigenvalue weighted by atomic mass is 19.2. The monoisotopic (exact) mass is 396 g/mol. The molecule has 1 fully saturated rings. The van der Waals surface area contributed by atoms with Crippen LogP contribution in [0.15, 0.2) is 54.7 Å². The van der Waals surface area contributed by atoms with Crippen LogP contribution in [0.4, 0.5) is 26.1 Å². The van der Waals surface area contributed by atoms with E-state index < -0.39 is 17.5 Å². The number of aromatic nitrogens is 3. The predicted octanol–water partition coefficient (Wildman–Crippen LogP) is 2.73. The third kappa shape index (κ3) is 4.29. The Balaban J connectivity index is 1.36. The van der Waals surface area contributed by atoms with Crippen LogP contribution >= 0.6 is 0 Å². The van der Waals surface area contributed by atoms with Gasteiger partial charge in [0.15, 0.2) is 23.1 Å². The first kappa shape index (κ1) is 18.7. The van der Waals surface area contributed by atoms with Crippen molar-refractivity contribution < 1.29 is 13.6 Å². The topological polar surface area (TPSA) is 74.2 Å². The van der Waals surface area contributed by atoms with E-state index in [4.69, 9.17) is 0 Å². The van der Waals surface area contributed by atoms with Crippen molar-refractivity contribution in [3.63, 3.8) is 0 Å². The Morgan fingerprint density at radius 3 is 2.24 bits per heavy atom. The Morgan fingerprint density at radius 1 is 0.862 bits per heavy atom. The molecule has 2 aromatic heterocycles. The minimum absolute atomic E-state index is 0.0885. The number of nitrogens with one attached hydrogen (secondary N) is 1. The highest BCUT2D eigenvalue weighted by molar-refractivity contribution is 6.02. The third-order valence-corrected chi connectivity index (χ3v) is 4.64. The Bertz CT molecular complexity index is 992. The smallest absolute Gasteiger partial charge is 0.276 e. The number of carbonyl (C=O) groups excluding carboxylic acids is 1. The molecule has 1 amide bonds. The Morgan fingerprint density at radius 2 is 1.62 bits per heavy atom. The van der Waals surface area contributed by atoms with Crippen LogP contribution in [0.25, 0.3) is 0 Å². The number of hydrogen-bond donors (Lipinski definition) is 1. The molecule has 29 heavy (non-hydrogen) atoms. The van der Waals surface area contributed by atoms with Crippen molar-refractivity contribution in [2.75, 3.05) is 41.3 Å². The van der Waals surface area contributed by atoms with Crippen LogP contribution in [-0.2, 0) is 0 Å². The number of halogens is 2. The van der Waals surface area contributed by atoms with Gasteiger partial charge in [-0.2, -0.15) is 0 Å². The SMILES string of the molecule is O=C(Nc1ccc(F)c(F)c1)c1ccc(N2CCN(c3ccccn3)CC2)nn1. The highest BCUT2D eigenvalue weighted by Gasteiger charge is 2.20. The van der Waals surface area contributed by atoms with Gasteiger partial charge >= 0.3 is 0 Å². The molecule has 0 spiro atoms. The van der Waals surface area contributed by atoms with Gasteiger partial charge in [0, 0.05) is 44.1 Å².